The second kappa shape index (κ2) is 12.0. The minimum atomic E-state index is -0.943. The Balaban J connectivity index is 1.53. The molecule has 0 N–H and O–H groups in total. The van der Waals surface area contributed by atoms with Gasteiger partial charge in [0, 0.05) is 17.2 Å². The van der Waals surface area contributed by atoms with Gasteiger partial charge in [-0.05, 0) is 79.7 Å². The molecular weight excluding hydrogens is 583 g/mol. The van der Waals surface area contributed by atoms with Gasteiger partial charge in [0.2, 0.25) is 0 Å². The number of hydrogen-bond acceptors (Lipinski definition) is 9. The van der Waals surface area contributed by atoms with E-state index in [1.165, 1.54) is 28.4 Å². The van der Waals surface area contributed by atoms with Gasteiger partial charge in [0.25, 0.3) is 0 Å². The third-order valence-corrected chi connectivity index (χ3v) is 7.63. The van der Waals surface area contributed by atoms with E-state index in [-0.39, 0.29) is 23.5 Å². The van der Waals surface area contributed by atoms with E-state index in [4.69, 9.17) is 30.5 Å². The summed E-state index contributed by atoms with van der Waals surface area (Å²) in [6.07, 6.45) is -1.02. The van der Waals surface area contributed by atoms with Crippen molar-refractivity contribution in [2.75, 3.05) is 6.61 Å². The molecule has 0 radical (unpaired) electrons. The Morgan fingerprint density at radius 2 is 1.90 bits per heavy atom. The van der Waals surface area contributed by atoms with Crippen molar-refractivity contribution in [2.24, 2.45) is 0 Å². The van der Waals surface area contributed by atoms with Crippen LogP contribution < -0.4 is 9.47 Å². The highest BCUT2D eigenvalue weighted by Crippen LogP contribution is 2.39. The van der Waals surface area contributed by atoms with Crippen LogP contribution in [0.25, 0.3) is 21.1 Å². The van der Waals surface area contributed by atoms with Crippen LogP contribution in [0, 0.1) is 17.1 Å². The Labute approximate surface area is 254 Å². The summed E-state index contributed by atoms with van der Waals surface area (Å²) < 4.78 is 38.4. The SMILES string of the molecule is CC(C)Oc1ccc(-c2nnc(-c3cc(F)c(OC[C@H]4[C@@H](C)OC(C)(C)N4C(=O)OC(C)(C)C)cc3Cl)s2)cc1C#N. The molecule has 0 spiro atoms. The lowest BCUT2D eigenvalue weighted by molar-refractivity contribution is -0.0760. The second-order valence-corrected chi connectivity index (χ2v) is 13.0. The van der Waals surface area contributed by atoms with Crippen LogP contribution in [0.5, 0.6) is 11.5 Å². The number of aromatic nitrogens is 2. The van der Waals surface area contributed by atoms with Crippen LogP contribution in [0.3, 0.4) is 0 Å². The van der Waals surface area contributed by atoms with E-state index in [0.717, 1.165) is 0 Å². The average molecular weight is 617 g/mol. The molecular formula is C30H34ClFN4O5S. The number of carbonyl (C=O) groups is 1. The molecule has 0 aliphatic carbocycles. The van der Waals surface area contributed by atoms with Crippen molar-refractivity contribution in [2.45, 2.75) is 85.0 Å². The molecule has 1 amide bonds. The first-order valence-electron chi connectivity index (χ1n) is 13.5. The fourth-order valence-corrected chi connectivity index (χ4v) is 5.78. The van der Waals surface area contributed by atoms with E-state index in [9.17, 15) is 10.1 Å². The van der Waals surface area contributed by atoms with Gasteiger partial charge in [-0.15, -0.1) is 10.2 Å². The van der Waals surface area contributed by atoms with Crippen LogP contribution in [-0.2, 0) is 9.47 Å². The maximum absolute atomic E-state index is 15.3. The Morgan fingerprint density at radius 1 is 1.21 bits per heavy atom. The van der Waals surface area contributed by atoms with Gasteiger partial charge in [-0.1, -0.05) is 22.9 Å². The third-order valence-electron chi connectivity index (χ3n) is 6.31. The molecule has 2 atom stereocenters. The number of benzene rings is 2. The molecule has 0 bridgehead atoms. The van der Waals surface area contributed by atoms with E-state index in [0.29, 0.717) is 32.5 Å². The molecule has 1 aliphatic rings. The smallest absolute Gasteiger partial charge is 0.413 e. The van der Waals surface area contributed by atoms with Gasteiger partial charge in [-0.25, -0.2) is 9.18 Å². The van der Waals surface area contributed by atoms with E-state index in [1.54, 1.807) is 52.8 Å². The number of amides is 1. The third kappa shape index (κ3) is 6.94. The summed E-state index contributed by atoms with van der Waals surface area (Å²) in [5.74, 6) is -0.241. The van der Waals surface area contributed by atoms with Gasteiger partial charge in [0.15, 0.2) is 11.6 Å². The predicted molar refractivity (Wildman–Crippen MR) is 158 cm³/mol. The lowest BCUT2D eigenvalue weighted by atomic mass is 10.1. The van der Waals surface area contributed by atoms with Crippen LogP contribution in [0.15, 0.2) is 30.3 Å². The van der Waals surface area contributed by atoms with Crippen molar-refractivity contribution in [3.05, 3.63) is 46.7 Å². The van der Waals surface area contributed by atoms with Crippen molar-refractivity contribution < 1.29 is 28.1 Å². The van der Waals surface area contributed by atoms with Crippen LogP contribution in [0.4, 0.5) is 9.18 Å². The topological polar surface area (TPSA) is 107 Å². The minimum Gasteiger partial charge on any atom is -0.490 e. The zero-order chi connectivity index (χ0) is 31.0. The molecule has 12 heteroatoms. The normalized spacial score (nSPS) is 18.2. The summed E-state index contributed by atoms with van der Waals surface area (Å²) in [6.45, 7) is 14.4. The fourth-order valence-electron chi connectivity index (χ4n) is 4.61. The maximum atomic E-state index is 15.3. The van der Waals surface area contributed by atoms with Gasteiger partial charge in [-0.2, -0.15) is 5.26 Å². The zero-order valence-electron chi connectivity index (χ0n) is 24.8. The highest BCUT2D eigenvalue weighted by atomic mass is 35.5. The Kier molecular flexibility index (Phi) is 9.02. The van der Waals surface area contributed by atoms with Crippen molar-refractivity contribution in [3.8, 4) is 38.7 Å². The first-order valence-corrected chi connectivity index (χ1v) is 14.7. The van der Waals surface area contributed by atoms with Crippen molar-refractivity contribution in [3.63, 3.8) is 0 Å². The van der Waals surface area contributed by atoms with E-state index < -0.39 is 35.4 Å². The number of nitrogens with zero attached hydrogens (tertiary/aromatic N) is 4. The first-order chi connectivity index (χ1) is 19.6. The molecule has 0 unspecified atom stereocenters. The molecule has 0 saturated carbocycles. The summed E-state index contributed by atoms with van der Waals surface area (Å²) in [5, 5.41) is 19.1. The van der Waals surface area contributed by atoms with Gasteiger partial charge in [-0.3, -0.25) is 4.90 Å². The number of halogens is 2. The Morgan fingerprint density at radius 3 is 2.55 bits per heavy atom. The Hall–Kier alpha value is -3.46. The predicted octanol–water partition coefficient (Wildman–Crippen LogP) is 7.46. The molecule has 224 valence electrons. The summed E-state index contributed by atoms with van der Waals surface area (Å²) in [4.78, 5) is 14.5. The summed E-state index contributed by atoms with van der Waals surface area (Å²) in [7, 11) is 0. The lowest BCUT2D eigenvalue weighted by Gasteiger charge is -2.35. The molecule has 4 rings (SSSR count). The van der Waals surface area contributed by atoms with Crippen molar-refractivity contribution >= 4 is 29.0 Å². The molecule has 1 aliphatic heterocycles. The van der Waals surface area contributed by atoms with Crippen molar-refractivity contribution in [1.29, 1.82) is 5.26 Å². The molecule has 9 nitrogen and oxygen atoms in total. The average Bonchev–Trinajstić information content (AvgIpc) is 3.44. The number of ether oxygens (including phenoxy) is 4. The molecule has 1 saturated heterocycles. The highest BCUT2D eigenvalue weighted by Gasteiger charge is 2.50. The molecule has 3 aromatic rings. The van der Waals surface area contributed by atoms with E-state index in [2.05, 4.69) is 16.3 Å². The number of nitriles is 1. The summed E-state index contributed by atoms with van der Waals surface area (Å²) in [5.41, 5.74) is -0.248. The number of hydrogen-bond donors (Lipinski definition) is 0. The standard InChI is InChI=1S/C30H34ClFN4O5S/c1-16(2)39-24-10-9-18(11-19(24)14-33)26-34-35-27(42-26)20-12-22(32)25(13-21(20)31)38-15-23-17(3)40-30(7,8)36(23)28(37)41-29(4,5)6/h9-13,16-17,23H,15H2,1-8H3/t17-,23+/m1/s1. The minimum absolute atomic E-state index is 0.0445. The van der Waals surface area contributed by atoms with Crippen molar-refractivity contribution in [1.82, 2.24) is 15.1 Å². The monoisotopic (exact) mass is 616 g/mol. The quantitative estimate of drug-likeness (QED) is 0.269. The van der Waals surface area contributed by atoms with Crippen LogP contribution >= 0.6 is 22.9 Å². The molecule has 2 heterocycles. The van der Waals surface area contributed by atoms with E-state index >= 15 is 4.39 Å². The maximum Gasteiger partial charge on any atom is 0.413 e. The van der Waals surface area contributed by atoms with Gasteiger partial charge >= 0.3 is 6.09 Å². The van der Waals surface area contributed by atoms with Gasteiger partial charge < -0.3 is 18.9 Å². The largest absolute Gasteiger partial charge is 0.490 e. The molecule has 42 heavy (non-hydrogen) atoms. The van der Waals surface area contributed by atoms with E-state index in [1.807, 2.05) is 20.8 Å². The van der Waals surface area contributed by atoms with Gasteiger partial charge in [0.1, 0.15) is 39.8 Å². The molecule has 2 aromatic carbocycles. The molecule has 1 aromatic heterocycles. The lowest BCUT2D eigenvalue weighted by Crippen LogP contribution is -2.52. The summed E-state index contributed by atoms with van der Waals surface area (Å²) >= 11 is 7.76. The molecule has 1 fully saturated rings. The highest BCUT2D eigenvalue weighted by molar-refractivity contribution is 7.18. The van der Waals surface area contributed by atoms with Crippen LogP contribution in [-0.4, -0.2) is 57.4 Å². The van der Waals surface area contributed by atoms with Gasteiger partial charge in [0.05, 0.1) is 28.8 Å². The zero-order valence-corrected chi connectivity index (χ0v) is 26.4. The fraction of sp³-hybridized carbons (Fsp3) is 0.467. The second-order valence-electron chi connectivity index (χ2n) is 11.7. The number of carbonyl (C=O) groups excluding carboxylic acids is 1. The van der Waals surface area contributed by atoms with Crippen LogP contribution in [0.1, 0.15) is 61.0 Å². The Bertz CT molecular complexity index is 1510. The number of rotatable bonds is 7. The first kappa shape index (κ1) is 31.5. The summed E-state index contributed by atoms with van der Waals surface area (Å²) in [6, 6.07) is 9.41. The van der Waals surface area contributed by atoms with Crippen LogP contribution in [0.2, 0.25) is 5.02 Å².